The fourth-order valence-corrected chi connectivity index (χ4v) is 5.13. The van der Waals surface area contributed by atoms with Crippen LogP contribution < -0.4 is 5.32 Å². The first-order chi connectivity index (χ1) is 16.5. The van der Waals surface area contributed by atoms with Crippen molar-refractivity contribution in [2.75, 3.05) is 0 Å². The van der Waals surface area contributed by atoms with Crippen molar-refractivity contribution in [3.8, 4) is 0 Å². The highest BCUT2D eigenvalue weighted by molar-refractivity contribution is 7.99. The number of nitrogens with zero attached hydrogens (tertiary/aromatic N) is 1. The van der Waals surface area contributed by atoms with Crippen molar-refractivity contribution in [2.24, 2.45) is 4.99 Å². The quantitative estimate of drug-likeness (QED) is 0.271. The molecule has 0 aliphatic carbocycles. The lowest BCUT2D eigenvalue weighted by molar-refractivity contribution is 0.0951. The fourth-order valence-electron chi connectivity index (χ4n) is 3.65. The van der Waals surface area contributed by atoms with Crippen molar-refractivity contribution in [1.29, 1.82) is 0 Å². The zero-order chi connectivity index (χ0) is 23.7. The Morgan fingerprint density at radius 3 is 2.50 bits per heavy atom. The van der Waals surface area contributed by atoms with Gasteiger partial charge in [0.25, 0.3) is 5.91 Å². The van der Waals surface area contributed by atoms with Crippen molar-refractivity contribution in [2.45, 2.75) is 16.3 Å². The molecule has 0 fully saturated rings. The van der Waals surface area contributed by atoms with Gasteiger partial charge in [0.15, 0.2) is 0 Å². The molecule has 4 aromatic carbocycles. The van der Waals surface area contributed by atoms with Crippen LogP contribution in [0.5, 0.6) is 0 Å². The summed E-state index contributed by atoms with van der Waals surface area (Å²) in [6, 6.07) is 24.9. The minimum Gasteiger partial charge on any atom is -0.348 e. The number of hydrogen-bond donors (Lipinski definition) is 1. The standard InChI is InChI=1S/C27H17Cl2FN2OS/c28-19-9-5-18(22(29)14-19)15-31-27(33)17-8-12-25-23(13-17)32-26(16-6-10-20(30)11-7-16)21-3-1-2-4-24(21)34-25/h1-14H,15H2,(H,31,33). The molecule has 0 saturated carbocycles. The van der Waals surface area contributed by atoms with Crippen molar-refractivity contribution >= 4 is 52.3 Å². The van der Waals surface area contributed by atoms with Crippen LogP contribution in [0.25, 0.3) is 0 Å². The lowest BCUT2D eigenvalue weighted by Crippen LogP contribution is -2.22. The SMILES string of the molecule is O=C(NCc1ccc(Cl)cc1Cl)c1ccc2c(c1)N=C(c1ccc(F)cc1)c1ccccc1S2. The Morgan fingerprint density at radius 1 is 0.912 bits per heavy atom. The second-order valence-electron chi connectivity index (χ2n) is 7.67. The Labute approximate surface area is 210 Å². The molecule has 0 atom stereocenters. The number of nitrogens with one attached hydrogen (secondary N) is 1. The Bertz CT molecular complexity index is 1440. The van der Waals surface area contributed by atoms with E-state index in [4.69, 9.17) is 28.2 Å². The third kappa shape index (κ3) is 4.73. The monoisotopic (exact) mass is 506 g/mol. The lowest BCUT2D eigenvalue weighted by Gasteiger charge is -2.09. The van der Waals surface area contributed by atoms with Gasteiger partial charge in [0.05, 0.1) is 11.4 Å². The molecule has 0 saturated heterocycles. The maximum absolute atomic E-state index is 13.5. The summed E-state index contributed by atoms with van der Waals surface area (Å²) in [6.07, 6.45) is 0. The van der Waals surface area contributed by atoms with Crippen molar-refractivity contribution < 1.29 is 9.18 Å². The molecule has 3 nitrogen and oxygen atoms in total. The number of halogens is 3. The maximum Gasteiger partial charge on any atom is 0.251 e. The number of amides is 1. The van der Waals surface area contributed by atoms with E-state index in [1.807, 2.05) is 30.3 Å². The van der Waals surface area contributed by atoms with Gasteiger partial charge in [-0.05, 0) is 66.2 Å². The number of benzene rings is 4. The molecule has 0 bridgehead atoms. The number of hydrogen-bond acceptors (Lipinski definition) is 3. The van der Waals surface area contributed by atoms with Gasteiger partial charge in [-0.1, -0.05) is 59.2 Å². The van der Waals surface area contributed by atoms with E-state index >= 15 is 0 Å². The zero-order valence-electron chi connectivity index (χ0n) is 17.7. The van der Waals surface area contributed by atoms with Crippen LogP contribution in [0, 0.1) is 5.82 Å². The number of fused-ring (bicyclic) bond motifs is 2. The summed E-state index contributed by atoms with van der Waals surface area (Å²) in [5, 5.41) is 3.94. The Hall–Kier alpha value is -3.12. The predicted molar refractivity (Wildman–Crippen MR) is 136 cm³/mol. The molecule has 0 unspecified atom stereocenters. The number of carbonyl (C=O) groups excluding carboxylic acids is 1. The van der Waals surface area contributed by atoms with Gasteiger partial charge in [-0.3, -0.25) is 4.79 Å². The summed E-state index contributed by atoms with van der Waals surface area (Å²) in [6.45, 7) is 0.274. The summed E-state index contributed by atoms with van der Waals surface area (Å²) in [5.74, 6) is -0.542. The molecule has 34 heavy (non-hydrogen) atoms. The third-order valence-electron chi connectivity index (χ3n) is 5.39. The van der Waals surface area contributed by atoms with Crippen molar-refractivity contribution in [3.05, 3.63) is 123 Å². The number of rotatable bonds is 4. The highest BCUT2D eigenvalue weighted by Gasteiger charge is 2.20. The summed E-state index contributed by atoms with van der Waals surface area (Å²) >= 11 is 13.8. The minimum absolute atomic E-state index is 0.237. The molecule has 168 valence electrons. The van der Waals surface area contributed by atoms with Gasteiger partial charge in [-0.15, -0.1) is 0 Å². The van der Waals surface area contributed by atoms with Crippen LogP contribution in [-0.4, -0.2) is 11.6 Å². The normalized spacial score (nSPS) is 12.3. The Balaban J connectivity index is 1.48. The molecule has 0 spiro atoms. The van der Waals surface area contributed by atoms with Crippen LogP contribution >= 0.6 is 35.0 Å². The molecular weight excluding hydrogens is 490 g/mol. The highest BCUT2D eigenvalue weighted by Crippen LogP contribution is 2.41. The van der Waals surface area contributed by atoms with E-state index in [1.54, 1.807) is 54.2 Å². The van der Waals surface area contributed by atoms with Crippen LogP contribution in [0.4, 0.5) is 10.1 Å². The maximum atomic E-state index is 13.5. The molecule has 1 heterocycles. The largest absolute Gasteiger partial charge is 0.348 e. The second-order valence-corrected chi connectivity index (χ2v) is 9.59. The average Bonchev–Trinajstić information content (AvgIpc) is 3.00. The van der Waals surface area contributed by atoms with E-state index in [0.717, 1.165) is 32.2 Å². The van der Waals surface area contributed by atoms with Gasteiger partial charge in [-0.25, -0.2) is 9.38 Å². The summed E-state index contributed by atoms with van der Waals surface area (Å²) in [5.41, 5.74) is 4.42. The van der Waals surface area contributed by atoms with E-state index in [9.17, 15) is 9.18 Å². The molecule has 7 heteroatoms. The highest BCUT2D eigenvalue weighted by atomic mass is 35.5. The van der Waals surface area contributed by atoms with Gasteiger partial charge in [0, 0.05) is 43.1 Å². The van der Waals surface area contributed by atoms with E-state index in [0.29, 0.717) is 21.3 Å². The van der Waals surface area contributed by atoms with Crippen LogP contribution in [-0.2, 0) is 6.54 Å². The first-order valence-corrected chi connectivity index (χ1v) is 12.0. The van der Waals surface area contributed by atoms with Gasteiger partial charge in [-0.2, -0.15) is 0 Å². The van der Waals surface area contributed by atoms with E-state index < -0.39 is 0 Å². The Kier molecular flexibility index (Phi) is 6.42. The Morgan fingerprint density at radius 2 is 1.71 bits per heavy atom. The van der Waals surface area contributed by atoms with Gasteiger partial charge in [0.2, 0.25) is 0 Å². The predicted octanol–water partition coefficient (Wildman–Crippen LogP) is 7.70. The molecule has 4 aromatic rings. The molecule has 1 aliphatic heterocycles. The molecule has 1 amide bonds. The van der Waals surface area contributed by atoms with E-state index in [2.05, 4.69) is 5.32 Å². The smallest absolute Gasteiger partial charge is 0.251 e. The van der Waals surface area contributed by atoms with Crippen LogP contribution in [0.1, 0.15) is 27.0 Å². The molecule has 1 aliphatic rings. The van der Waals surface area contributed by atoms with Crippen LogP contribution in [0.2, 0.25) is 10.0 Å². The van der Waals surface area contributed by atoms with Crippen LogP contribution in [0.15, 0.2) is 99.7 Å². The molecule has 1 N–H and O–H groups in total. The topological polar surface area (TPSA) is 41.5 Å². The number of aliphatic imine (C=N–C) groups is 1. The third-order valence-corrected chi connectivity index (χ3v) is 7.12. The summed E-state index contributed by atoms with van der Waals surface area (Å²) in [7, 11) is 0. The molecule has 0 radical (unpaired) electrons. The second kappa shape index (κ2) is 9.63. The first kappa shape index (κ1) is 22.7. The van der Waals surface area contributed by atoms with Gasteiger partial charge in [0.1, 0.15) is 5.82 Å². The molecular formula is C27H17Cl2FN2OS. The van der Waals surface area contributed by atoms with E-state index in [1.165, 1.54) is 12.1 Å². The summed E-state index contributed by atoms with van der Waals surface area (Å²) < 4.78 is 13.5. The molecule has 5 rings (SSSR count). The van der Waals surface area contributed by atoms with Crippen molar-refractivity contribution in [3.63, 3.8) is 0 Å². The van der Waals surface area contributed by atoms with E-state index in [-0.39, 0.29) is 18.3 Å². The number of carbonyl (C=O) groups is 1. The minimum atomic E-state index is -0.305. The lowest BCUT2D eigenvalue weighted by atomic mass is 10.0. The van der Waals surface area contributed by atoms with Crippen molar-refractivity contribution in [1.82, 2.24) is 5.32 Å². The zero-order valence-corrected chi connectivity index (χ0v) is 20.0. The van der Waals surface area contributed by atoms with Gasteiger partial charge < -0.3 is 5.32 Å². The van der Waals surface area contributed by atoms with Gasteiger partial charge >= 0.3 is 0 Å². The van der Waals surface area contributed by atoms with Crippen LogP contribution in [0.3, 0.4) is 0 Å². The first-order valence-electron chi connectivity index (χ1n) is 10.5. The fraction of sp³-hybridized carbons (Fsp3) is 0.0370. The average molecular weight is 507 g/mol. The molecule has 0 aromatic heterocycles. The summed E-state index contributed by atoms with van der Waals surface area (Å²) in [4.78, 5) is 19.8.